The molecule has 1 fully saturated rings. The van der Waals surface area contributed by atoms with Crippen LogP contribution in [0, 0.1) is 10.1 Å². The number of ether oxygens (including phenoxy) is 1. The molecule has 1 aromatic heterocycles. The Hall–Kier alpha value is -4.20. The quantitative estimate of drug-likeness (QED) is 0.161. The highest BCUT2D eigenvalue weighted by Gasteiger charge is 2.48. The van der Waals surface area contributed by atoms with Crippen molar-refractivity contribution in [2.45, 2.75) is 69.7 Å². The second-order valence-corrected chi connectivity index (χ2v) is 11.9. The van der Waals surface area contributed by atoms with Gasteiger partial charge in [-0.15, -0.1) is 20.3 Å². The monoisotopic (exact) mass is 595 g/mol. The standard InChI is InChI=1S/C28H33N7O6S/c1-2-3-11-25-29-28(16-6-7-17-28)42(39)33(25)20-21-12-14-22(15-13-21)23-9-4-5-10-24(23)26-30-32-34(31-26)27(36)40-18-8-19-41-35(37)38/h4-5,9-10,12-15H,2-3,6-8,11,16-20H2,1H3. The predicted octanol–water partition coefficient (Wildman–Crippen LogP) is 4.93. The first-order valence-corrected chi connectivity index (χ1v) is 15.2. The number of hydrogen-bond donors (Lipinski definition) is 0. The average molecular weight is 596 g/mol. The number of aliphatic imine (C=N–C) groups is 1. The molecule has 3 aromatic rings. The van der Waals surface area contributed by atoms with Crippen LogP contribution in [0.2, 0.25) is 0 Å². The van der Waals surface area contributed by atoms with Gasteiger partial charge in [0, 0.05) is 18.4 Å². The van der Waals surface area contributed by atoms with E-state index in [2.05, 4.69) is 27.2 Å². The number of hydrogen-bond acceptors (Lipinski definition) is 10. The molecule has 0 N–H and O–H groups in total. The molecule has 222 valence electrons. The third-order valence-corrected chi connectivity index (χ3v) is 9.22. The maximum atomic E-state index is 13.6. The molecule has 42 heavy (non-hydrogen) atoms. The fourth-order valence-corrected chi connectivity index (χ4v) is 7.03. The van der Waals surface area contributed by atoms with Gasteiger partial charge in [0.15, 0.2) is 4.87 Å². The molecule has 14 heteroatoms. The van der Waals surface area contributed by atoms with Crippen LogP contribution in [0.15, 0.2) is 53.5 Å². The second-order valence-electron chi connectivity index (χ2n) is 10.2. The number of benzene rings is 2. The summed E-state index contributed by atoms with van der Waals surface area (Å²) in [6.45, 7) is 2.41. The van der Waals surface area contributed by atoms with E-state index in [0.29, 0.717) is 12.1 Å². The van der Waals surface area contributed by atoms with E-state index in [0.717, 1.165) is 72.3 Å². The molecule has 0 radical (unpaired) electrons. The van der Waals surface area contributed by atoms with Crippen molar-refractivity contribution in [3.05, 3.63) is 64.2 Å². The molecule has 2 aliphatic rings. The molecule has 1 aliphatic carbocycles. The Balaban J connectivity index is 1.27. The molecule has 0 bridgehead atoms. The molecule has 0 saturated heterocycles. The highest BCUT2D eigenvalue weighted by Crippen LogP contribution is 2.43. The molecule has 0 amide bonds. The predicted molar refractivity (Wildman–Crippen MR) is 155 cm³/mol. The number of rotatable bonds is 12. The molecule has 13 nitrogen and oxygen atoms in total. The van der Waals surface area contributed by atoms with Crippen molar-refractivity contribution in [2.75, 3.05) is 13.2 Å². The maximum Gasteiger partial charge on any atom is 0.453 e. The molecule has 1 unspecified atom stereocenters. The fraction of sp³-hybridized carbons (Fsp3) is 0.464. The molecule has 2 aromatic carbocycles. The highest BCUT2D eigenvalue weighted by molar-refractivity contribution is 7.85. The van der Waals surface area contributed by atoms with Gasteiger partial charge >= 0.3 is 6.09 Å². The van der Waals surface area contributed by atoms with E-state index in [1.807, 2.05) is 52.8 Å². The lowest BCUT2D eigenvalue weighted by Gasteiger charge is -2.23. The van der Waals surface area contributed by atoms with Crippen molar-refractivity contribution < 1.29 is 23.7 Å². The number of amidine groups is 1. The summed E-state index contributed by atoms with van der Waals surface area (Å²) in [4.78, 5) is 32.0. The van der Waals surface area contributed by atoms with Crippen molar-refractivity contribution in [3.8, 4) is 22.5 Å². The minimum Gasteiger partial charge on any atom is -0.447 e. The number of aromatic nitrogens is 4. The van der Waals surface area contributed by atoms with E-state index >= 15 is 0 Å². The van der Waals surface area contributed by atoms with Crippen LogP contribution >= 0.6 is 0 Å². The fourth-order valence-electron chi connectivity index (χ4n) is 5.21. The number of tetrazole rings is 1. The minimum atomic E-state index is -1.17. The summed E-state index contributed by atoms with van der Waals surface area (Å²) in [6.07, 6.45) is 6.14. The van der Waals surface area contributed by atoms with E-state index in [1.165, 1.54) is 0 Å². The molecule has 1 saturated carbocycles. The minimum absolute atomic E-state index is 0.0928. The SMILES string of the molecule is CCCCC1=NC2(CCCC2)S(=O)N1Cc1ccc(-c2ccccc2-c2nnn(C(=O)OCCCO[N+](=O)[O-])n2)cc1. The lowest BCUT2D eigenvalue weighted by Crippen LogP contribution is -2.34. The Kier molecular flexibility index (Phi) is 9.20. The van der Waals surface area contributed by atoms with Crippen molar-refractivity contribution in [2.24, 2.45) is 4.99 Å². The first-order valence-electron chi connectivity index (χ1n) is 14.1. The van der Waals surface area contributed by atoms with Crippen molar-refractivity contribution >= 4 is 22.9 Å². The van der Waals surface area contributed by atoms with E-state index in [1.54, 1.807) is 0 Å². The third-order valence-electron chi connectivity index (χ3n) is 7.33. The lowest BCUT2D eigenvalue weighted by molar-refractivity contribution is -0.757. The molecular weight excluding hydrogens is 562 g/mol. The van der Waals surface area contributed by atoms with Crippen LogP contribution in [0.1, 0.15) is 63.9 Å². The largest absolute Gasteiger partial charge is 0.453 e. The summed E-state index contributed by atoms with van der Waals surface area (Å²) in [5.74, 6) is 1.21. The van der Waals surface area contributed by atoms with E-state index in [4.69, 9.17) is 9.73 Å². The van der Waals surface area contributed by atoms with Gasteiger partial charge in [-0.1, -0.05) is 66.7 Å². The summed E-state index contributed by atoms with van der Waals surface area (Å²) in [5, 5.41) is 21.3. The molecule has 5 rings (SSSR count). The third kappa shape index (κ3) is 6.48. The molecule has 2 heterocycles. The van der Waals surface area contributed by atoms with Gasteiger partial charge in [0.25, 0.3) is 5.09 Å². The van der Waals surface area contributed by atoms with Gasteiger partial charge in [-0.2, -0.15) is 0 Å². The van der Waals surface area contributed by atoms with Gasteiger partial charge in [0.05, 0.1) is 19.8 Å². The van der Waals surface area contributed by atoms with Crippen LogP contribution in [0.5, 0.6) is 0 Å². The summed E-state index contributed by atoms with van der Waals surface area (Å²) in [6, 6.07) is 15.6. The van der Waals surface area contributed by atoms with Crippen LogP contribution in [-0.2, 0) is 27.1 Å². The number of nitrogens with zero attached hydrogens (tertiary/aromatic N) is 7. The number of carbonyl (C=O) groups is 1. The lowest BCUT2D eigenvalue weighted by atomic mass is 9.98. The van der Waals surface area contributed by atoms with Gasteiger partial charge < -0.3 is 9.57 Å². The van der Waals surface area contributed by atoms with E-state index in [-0.39, 0.29) is 25.5 Å². The second kappa shape index (κ2) is 13.2. The molecular formula is C28H33N7O6S. The van der Waals surface area contributed by atoms with Crippen molar-refractivity contribution in [3.63, 3.8) is 0 Å². The summed E-state index contributed by atoms with van der Waals surface area (Å²) in [7, 11) is -1.17. The Morgan fingerprint density at radius 3 is 2.52 bits per heavy atom. The zero-order valence-electron chi connectivity index (χ0n) is 23.4. The topological polar surface area (TPSA) is 155 Å². The van der Waals surface area contributed by atoms with Crippen LogP contribution in [0.4, 0.5) is 4.79 Å². The Bertz CT molecular complexity index is 1470. The van der Waals surface area contributed by atoms with Gasteiger partial charge in [0.1, 0.15) is 16.8 Å². The average Bonchev–Trinajstić information content (AvgIpc) is 3.74. The van der Waals surface area contributed by atoms with Gasteiger partial charge in [-0.05, 0) is 54.0 Å². The van der Waals surface area contributed by atoms with Gasteiger partial charge in [0.2, 0.25) is 5.82 Å². The Labute approximate surface area is 245 Å². The van der Waals surface area contributed by atoms with Crippen LogP contribution in [-0.4, -0.2) is 63.8 Å². The summed E-state index contributed by atoms with van der Waals surface area (Å²) < 4.78 is 20.6. The first kappa shape index (κ1) is 29.3. The smallest absolute Gasteiger partial charge is 0.447 e. The van der Waals surface area contributed by atoms with Gasteiger partial charge in [-0.25, -0.2) is 14.0 Å². The van der Waals surface area contributed by atoms with Crippen molar-refractivity contribution in [1.29, 1.82) is 0 Å². The van der Waals surface area contributed by atoms with E-state index < -0.39 is 27.0 Å². The van der Waals surface area contributed by atoms with Crippen LogP contribution in [0.25, 0.3) is 22.5 Å². The number of carbonyl (C=O) groups excluding carboxylic acids is 1. The zero-order valence-corrected chi connectivity index (χ0v) is 24.2. The molecule has 1 aliphatic heterocycles. The Morgan fingerprint density at radius 2 is 1.81 bits per heavy atom. The van der Waals surface area contributed by atoms with Gasteiger partial charge in [-0.3, -0.25) is 4.31 Å². The summed E-state index contributed by atoms with van der Waals surface area (Å²) in [5.41, 5.74) is 3.50. The van der Waals surface area contributed by atoms with Crippen LogP contribution in [0.3, 0.4) is 0 Å². The van der Waals surface area contributed by atoms with E-state index in [9.17, 15) is 19.1 Å². The summed E-state index contributed by atoms with van der Waals surface area (Å²) >= 11 is 0. The normalized spacial score (nSPS) is 17.4. The molecule has 1 spiro atoms. The number of unbranched alkanes of at least 4 members (excludes halogenated alkanes) is 1. The zero-order chi connectivity index (χ0) is 29.5. The highest BCUT2D eigenvalue weighted by atomic mass is 32.2. The molecule has 1 atom stereocenters. The maximum absolute atomic E-state index is 13.6. The first-order chi connectivity index (χ1) is 20.4. The van der Waals surface area contributed by atoms with Crippen molar-refractivity contribution in [1.82, 2.24) is 24.5 Å². The Morgan fingerprint density at radius 1 is 1.07 bits per heavy atom. The van der Waals surface area contributed by atoms with Crippen LogP contribution < -0.4 is 0 Å².